The number of hydrazone groups is 1. The van der Waals surface area contributed by atoms with E-state index >= 15 is 0 Å². The van der Waals surface area contributed by atoms with Gasteiger partial charge in [0.05, 0.1) is 0 Å². The summed E-state index contributed by atoms with van der Waals surface area (Å²) in [5.41, 5.74) is 2.45. The molecule has 0 N–H and O–H groups in total. The van der Waals surface area contributed by atoms with Gasteiger partial charge in [0.2, 0.25) is 0 Å². The third-order valence-corrected chi connectivity index (χ3v) is 6.27. The summed E-state index contributed by atoms with van der Waals surface area (Å²) in [6.07, 6.45) is 0.121. The smallest absolute Gasteiger partial charge is 0.159 e. The molecule has 1 unspecified atom stereocenters. The van der Waals surface area contributed by atoms with Gasteiger partial charge >= 0.3 is 0 Å². The van der Waals surface area contributed by atoms with E-state index in [9.17, 15) is 0 Å². The Kier molecular flexibility index (Phi) is 3.47. The maximum atomic E-state index is 4.90. The quantitative estimate of drug-likeness (QED) is 0.485. The Balaban J connectivity index is 1.65. The summed E-state index contributed by atoms with van der Waals surface area (Å²) in [6, 6.07) is 25.7. The third-order valence-electron chi connectivity index (χ3n) is 5.05. The SMILES string of the molecule is CN1N=C(c2cccc3c2sc2ccccc23)N(C)C1c1ccccc1. The summed E-state index contributed by atoms with van der Waals surface area (Å²) in [4.78, 5) is 2.27. The second-order valence-corrected chi connectivity index (χ2v) is 7.73. The molecule has 128 valence electrons. The Morgan fingerprint density at radius 1 is 0.808 bits per heavy atom. The normalized spacial score (nSPS) is 17.3. The van der Waals surface area contributed by atoms with Crippen LogP contribution in [-0.4, -0.2) is 29.8 Å². The van der Waals surface area contributed by atoms with Crippen molar-refractivity contribution in [3.05, 3.63) is 83.9 Å². The van der Waals surface area contributed by atoms with Gasteiger partial charge in [0, 0.05) is 39.8 Å². The fourth-order valence-corrected chi connectivity index (χ4v) is 5.08. The second-order valence-electron chi connectivity index (χ2n) is 6.67. The predicted molar refractivity (Wildman–Crippen MR) is 111 cm³/mol. The van der Waals surface area contributed by atoms with Crippen LogP contribution in [0.15, 0.2) is 77.9 Å². The fourth-order valence-electron chi connectivity index (χ4n) is 3.87. The van der Waals surface area contributed by atoms with E-state index in [1.54, 1.807) is 0 Å². The lowest BCUT2D eigenvalue weighted by Gasteiger charge is -2.27. The first kappa shape index (κ1) is 15.4. The number of rotatable bonds is 2. The molecule has 2 heterocycles. The van der Waals surface area contributed by atoms with Crippen molar-refractivity contribution in [2.45, 2.75) is 6.17 Å². The van der Waals surface area contributed by atoms with Crippen molar-refractivity contribution in [1.29, 1.82) is 0 Å². The molecule has 0 fully saturated rings. The zero-order valence-corrected chi connectivity index (χ0v) is 15.6. The largest absolute Gasteiger partial charge is 0.332 e. The van der Waals surface area contributed by atoms with Gasteiger partial charge in [0.1, 0.15) is 6.17 Å². The lowest BCUT2D eigenvalue weighted by atomic mass is 10.1. The van der Waals surface area contributed by atoms with Crippen LogP contribution in [-0.2, 0) is 0 Å². The molecule has 1 aliphatic rings. The molecule has 0 saturated heterocycles. The molecule has 1 aliphatic heterocycles. The minimum absolute atomic E-state index is 0.121. The fraction of sp³-hybridized carbons (Fsp3) is 0.136. The molecule has 0 aliphatic carbocycles. The lowest BCUT2D eigenvalue weighted by Crippen LogP contribution is -2.30. The molecule has 3 nitrogen and oxygen atoms in total. The number of hydrogen-bond acceptors (Lipinski definition) is 4. The first-order chi connectivity index (χ1) is 12.7. The molecule has 4 heteroatoms. The lowest BCUT2D eigenvalue weighted by molar-refractivity contribution is 0.183. The Hall–Kier alpha value is -2.85. The minimum atomic E-state index is 0.121. The Labute approximate surface area is 156 Å². The molecule has 5 rings (SSSR count). The molecular formula is C22H19N3S. The van der Waals surface area contributed by atoms with Crippen molar-refractivity contribution < 1.29 is 0 Å². The van der Waals surface area contributed by atoms with E-state index in [-0.39, 0.29) is 6.17 Å². The van der Waals surface area contributed by atoms with Gasteiger partial charge in [-0.1, -0.05) is 60.7 Å². The summed E-state index contributed by atoms with van der Waals surface area (Å²) in [5.74, 6) is 1.03. The van der Waals surface area contributed by atoms with Crippen LogP contribution in [0.4, 0.5) is 0 Å². The highest BCUT2D eigenvalue weighted by Gasteiger charge is 2.32. The van der Waals surface area contributed by atoms with Gasteiger partial charge in [0.15, 0.2) is 5.84 Å². The van der Waals surface area contributed by atoms with E-state index in [1.807, 2.05) is 18.4 Å². The molecule has 1 aromatic heterocycles. The summed E-state index contributed by atoms with van der Waals surface area (Å²) < 4.78 is 2.63. The maximum absolute atomic E-state index is 4.90. The molecule has 0 saturated carbocycles. The molecule has 0 amide bonds. The van der Waals surface area contributed by atoms with Crippen LogP contribution < -0.4 is 0 Å². The van der Waals surface area contributed by atoms with Crippen molar-refractivity contribution in [1.82, 2.24) is 9.91 Å². The first-order valence-corrected chi connectivity index (χ1v) is 9.55. The Bertz CT molecular complexity index is 1130. The van der Waals surface area contributed by atoms with Crippen molar-refractivity contribution in [2.75, 3.05) is 14.1 Å². The molecule has 3 aromatic carbocycles. The van der Waals surface area contributed by atoms with Gasteiger partial charge in [-0.15, -0.1) is 11.3 Å². The second kappa shape index (κ2) is 5.85. The summed E-state index contributed by atoms with van der Waals surface area (Å²) in [5, 5.41) is 9.59. The molecule has 0 bridgehead atoms. The number of fused-ring (bicyclic) bond motifs is 3. The van der Waals surface area contributed by atoms with Gasteiger partial charge < -0.3 is 4.90 Å². The Morgan fingerprint density at radius 3 is 2.38 bits per heavy atom. The van der Waals surface area contributed by atoms with Gasteiger partial charge in [-0.3, -0.25) is 5.01 Å². The molecule has 4 aromatic rings. The number of amidine groups is 1. The average molecular weight is 357 g/mol. The van der Waals surface area contributed by atoms with Crippen LogP contribution in [0.25, 0.3) is 20.2 Å². The number of nitrogens with zero attached hydrogens (tertiary/aromatic N) is 3. The summed E-state index contributed by atoms with van der Waals surface area (Å²) in [6.45, 7) is 0. The van der Waals surface area contributed by atoms with Crippen LogP contribution in [0.3, 0.4) is 0 Å². The van der Waals surface area contributed by atoms with Crippen LogP contribution in [0.2, 0.25) is 0 Å². The zero-order chi connectivity index (χ0) is 17.7. The highest BCUT2D eigenvalue weighted by Crippen LogP contribution is 2.38. The first-order valence-electron chi connectivity index (χ1n) is 8.74. The molecule has 0 radical (unpaired) electrons. The van der Waals surface area contributed by atoms with Gasteiger partial charge in [-0.2, -0.15) is 5.10 Å². The molecule has 0 spiro atoms. The predicted octanol–water partition coefficient (Wildman–Crippen LogP) is 5.29. The van der Waals surface area contributed by atoms with Crippen LogP contribution in [0.1, 0.15) is 17.3 Å². The van der Waals surface area contributed by atoms with Crippen LogP contribution >= 0.6 is 11.3 Å². The molecule has 26 heavy (non-hydrogen) atoms. The standard InChI is InChI=1S/C22H19N3S/c1-24-21(23-25(2)22(24)15-9-4-3-5-10-15)18-13-8-12-17-16-11-6-7-14-19(16)26-20(17)18/h3-14,22H,1-2H3. The third kappa shape index (κ3) is 2.22. The highest BCUT2D eigenvalue weighted by molar-refractivity contribution is 7.26. The number of benzene rings is 3. The van der Waals surface area contributed by atoms with Crippen molar-refractivity contribution in [3.63, 3.8) is 0 Å². The minimum Gasteiger partial charge on any atom is -0.332 e. The van der Waals surface area contributed by atoms with Crippen molar-refractivity contribution in [3.8, 4) is 0 Å². The van der Waals surface area contributed by atoms with E-state index in [0.29, 0.717) is 0 Å². The van der Waals surface area contributed by atoms with E-state index in [1.165, 1.54) is 31.3 Å². The number of thiophene rings is 1. The number of hydrogen-bond donors (Lipinski definition) is 0. The van der Waals surface area contributed by atoms with Crippen molar-refractivity contribution >= 4 is 37.3 Å². The van der Waals surface area contributed by atoms with Crippen LogP contribution in [0, 0.1) is 0 Å². The van der Waals surface area contributed by atoms with E-state index in [0.717, 1.165) is 5.84 Å². The van der Waals surface area contributed by atoms with Gasteiger partial charge in [-0.25, -0.2) is 0 Å². The van der Waals surface area contributed by atoms with Gasteiger partial charge in [-0.05, 0) is 17.7 Å². The van der Waals surface area contributed by atoms with E-state index in [2.05, 4.69) is 89.8 Å². The summed E-state index contributed by atoms with van der Waals surface area (Å²) >= 11 is 1.85. The monoisotopic (exact) mass is 357 g/mol. The van der Waals surface area contributed by atoms with Crippen molar-refractivity contribution in [2.24, 2.45) is 5.10 Å². The summed E-state index contributed by atoms with van der Waals surface area (Å²) in [7, 11) is 4.18. The molecular weight excluding hydrogens is 338 g/mol. The Morgan fingerprint density at radius 2 is 1.54 bits per heavy atom. The van der Waals surface area contributed by atoms with Crippen LogP contribution in [0.5, 0.6) is 0 Å². The van der Waals surface area contributed by atoms with E-state index in [4.69, 9.17) is 5.10 Å². The molecule has 1 atom stereocenters. The van der Waals surface area contributed by atoms with E-state index < -0.39 is 0 Å². The highest BCUT2D eigenvalue weighted by atomic mass is 32.1. The average Bonchev–Trinajstić information content (AvgIpc) is 3.19. The maximum Gasteiger partial charge on any atom is 0.159 e. The zero-order valence-electron chi connectivity index (χ0n) is 14.8. The van der Waals surface area contributed by atoms with Gasteiger partial charge in [0.25, 0.3) is 0 Å². The topological polar surface area (TPSA) is 18.8 Å².